The van der Waals surface area contributed by atoms with E-state index >= 15 is 0 Å². The van der Waals surface area contributed by atoms with Gasteiger partial charge in [-0.2, -0.15) is 0 Å². The van der Waals surface area contributed by atoms with Crippen LogP contribution in [-0.4, -0.2) is 17.6 Å². The lowest BCUT2D eigenvalue weighted by Crippen LogP contribution is -2.09. The Labute approximate surface area is 116 Å². The lowest BCUT2D eigenvalue weighted by atomic mass is 10.1. The van der Waals surface area contributed by atoms with E-state index in [1.165, 1.54) is 0 Å². The van der Waals surface area contributed by atoms with E-state index in [2.05, 4.69) is 36.8 Å². The van der Waals surface area contributed by atoms with Crippen LogP contribution in [0.2, 0.25) is 5.15 Å². The van der Waals surface area contributed by atoms with Crippen molar-refractivity contribution >= 4 is 49.4 Å². The fourth-order valence-electron chi connectivity index (χ4n) is 1.09. The second-order valence-corrected chi connectivity index (χ2v) is 4.76. The van der Waals surface area contributed by atoms with Gasteiger partial charge < -0.3 is 4.74 Å². The third kappa shape index (κ3) is 3.43. The van der Waals surface area contributed by atoms with E-state index in [4.69, 9.17) is 16.3 Å². The molecule has 0 fully saturated rings. The summed E-state index contributed by atoms with van der Waals surface area (Å²) in [5.41, 5.74) is 1.09. The third-order valence-electron chi connectivity index (χ3n) is 1.83. The Morgan fingerprint density at radius 1 is 1.62 bits per heavy atom. The van der Waals surface area contributed by atoms with Crippen LogP contribution < -0.4 is 0 Å². The predicted molar refractivity (Wildman–Crippen MR) is 70.2 cm³/mol. The Kier molecular flexibility index (Phi) is 5.72. The van der Waals surface area contributed by atoms with Crippen molar-refractivity contribution in [3.05, 3.63) is 26.9 Å². The average molecular weight is 371 g/mol. The second-order valence-electron chi connectivity index (χ2n) is 3.03. The summed E-state index contributed by atoms with van der Waals surface area (Å²) in [6, 6.07) is 1.61. The number of carbonyl (C=O) groups is 1. The molecule has 3 nitrogen and oxygen atoms in total. The molecule has 0 radical (unpaired) electrons. The van der Waals surface area contributed by atoms with E-state index in [1.54, 1.807) is 6.07 Å². The molecular weight excluding hydrogens is 361 g/mol. The monoisotopic (exact) mass is 369 g/mol. The van der Waals surface area contributed by atoms with Crippen molar-refractivity contribution in [2.24, 2.45) is 0 Å². The van der Waals surface area contributed by atoms with E-state index in [9.17, 15) is 4.79 Å². The smallest absolute Gasteiger partial charge is 0.338 e. The summed E-state index contributed by atoms with van der Waals surface area (Å²) in [5, 5.41) is 0.762. The molecule has 6 heteroatoms. The van der Waals surface area contributed by atoms with E-state index in [0.717, 1.165) is 6.42 Å². The molecule has 1 aromatic rings. The summed E-state index contributed by atoms with van der Waals surface area (Å²) >= 11 is 12.4. The number of aromatic nitrogens is 1. The first-order valence-corrected chi connectivity index (χ1v) is 6.97. The van der Waals surface area contributed by atoms with Crippen LogP contribution in [0.3, 0.4) is 0 Å². The number of carbonyl (C=O) groups excluding carboxylic acids is 1. The Balaban J connectivity index is 3.05. The first-order valence-electron chi connectivity index (χ1n) is 4.68. The third-order valence-corrected chi connectivity index (χ3v) is 3.11. The van der Waals surface area contributed by atoms with Crippen LogP contribution in [0.5, 0.6) is 0 Å². The van der Waals surface area contributed by atoms with Gasteiger partial charge in [-0.25, -0.2) is 9.78 Å². The average Bonchev–Trinajstić information content (AvgIpc) is 2.24. The van der Waals surface area contributed by atoms with Gasteiger partial charge in [-0.1, -0.05) is 34.5 Å². The summed E-state index contributed by atoms with van der Waals surface area (Å²) in [6.07, 6.45) is 0.787. The number of rotatable bonds is 4. The van der Waals surface area contributed by atoms with E-state index in [-0.39, 0.29) is 5.97 Å². The molecule has 0 atom stereocenters. The van der Waals surface area contributed by atoms with Gasteiger partial charge in [-0.15, -0.1) is 0 Å². The van der Waals surface area contributed by atoms with Crippen molar-refractivity contribution < 1.29 is 9.53 Å². The first kappa shape index (κ1) is 13.9. The molecule has 0 bridgehead atoms. The Bertz CT molecular complexity index is 399. The SMILES string of the molecule is CCCOC(=O)c1cc(Br)nc(Cl)c1CBr. The van der Waals surface area contributed by atoms with Crippen LogP contribution in [0, 0.1) is 0 Å². The molecule has 1 rings (SSSR count). The molecule has 0 aliphatic rings. The van der Waals surface area contributed by atoms with E-state index in [1.807, 2.05) is 6.92 Å². The first-order chi connectivity index (χ1) is 7.60. The lowest BCUT2D eigenvalue weighted by molar-refractivity contribution is 0.0504. The van der Waals surface area contributed by atoms with Gasteiger partial charge >= 0.3 is 5.97 Å². The van der Waals surface area contributed by atoms with Crippen molar-refractivity contribution in [1.82, 2.24) is 4.98 Å². The van der Waals surface area contributed by atoms with Crippen LogP contribution in [0.1, 0.15) is 29.3 Å². The van der Waals surface area contributed by atoms with Crippen molar-refractivity contribution in [2.45, 2.75) is 18.7 Å². The van der Waals surface area contributed by atoms with Gasteiger partial charge in [-0.05, 0) is 28.4 Å². The molecule has 0 saturated heterocycles. The van der Waals surface area contributed by atoms with E-state index in [0.29, 0.717) is 32.8 Å². The molecule has 0 spiro atoms. The highest BCUT2D eigenvalue weighted by atomic mass is 79.9. The Morgan fingerprint density at radius 2 is 2.31 bits per heavy atom. The zero-order valence-corrected chi connectivity index (χ0v) is 12.5. The lowest BCUT2D eigenvalue weighted by Gasteiger charge is -2.09. The minimum absolute atomic E-state index is 0.301. The number of ether oxygens (including phenoxy) is 1. The molecule has 1 heterocycles. The summed E-state index contributed by atoms with van der Waals surface area (Å²) in [5.74, 6) is -0.374. The van der Waals surface area contributed by atoms with Gasteiger partial charge in [0.05, 0.1) is 12.2 Å². The number of nitrogens with zero attached hydrogens (tertiary/aromatic N) is 1. The molecule has 0 aliphatic heterocycles. The van der Waals surface area contributed by atoms with Crippen LogP contribution in [-0.2, 0) is 10.1 Å². The maximum Gasteiger partial charge on any atom is 0.338 e. The van der Waals surface area contributed by atoms with Crippen molar-refractivity contribution in [2.75, 3.05) is 6.61 Å². The highest BCUT2D eigenvalue weighted by Crippen LogP contribution is 2.25. The second kappa shape index (κ2) is 6.57. The molecule has 0 saturated carbocycles. The van der Waals surface area contributed by atoms with Crippen molar-refractivity contribution in [3.63, 3.8) is 0 Å². The molecule has 1 aromatic heterocycles. The number of pyridine rings is 1. The van der Waals surface area contributed by atoms with Crippen LogP contribution in [0.4, 0.5) is 0 Å². The fraction of sp³-hybridized carbons (Fsp3) is 0.400. The molecule has 0 unspecified atom stereocenters. The van der Waals surface area contributed by atoms with Gasteiger partial charge in [0, 0.05) is 10.9 Å². The quantitative estimate of drug-likeness (QED) is 0.457. The summed E-state index contributed by atoms with van der Waals surface area (Å²) in [4.78, 5) is 15.7. The normalized spacial score (nSPS) is 10.2. The maximum absolute atomic E-state index is 11.7. The van der Waals surface area contributed by atoms with Crippen LogP contribution in [0.25, 0.3) is 0 Å². The molecule has 0 N–H and O–H groups in total. The molecular formula is C10H10Br2ClNO2. The number of hydrogen-bond donors (Lipinski definition) is 0. The minimum atomic E-state index is -0.374. The van der Waals surface area contributed by atoms with Gasteiger partial charge in [0.2, 0.25) is 0 Å². The van der Waals surface area contributed by atoms with Gasteiger partial charge in [0.15, 0.2) is 0 Å². The topological polar surface area (TPSA) is 39.2 Å². The number of halogens is 3. The Hall–Kier alpha value is -0.130. The molecule has 16 heavy (non-hydrogen) atoms. The Morgan fingerprint density at radius 3 is 2.88 bits per heavy atom. The summed E-state index contributed by atoms with van der Waals surface area (Å²) in [7, 11) is 0. The van der Waals surface area contributed by atoms with Gasteiger partial charge in [-0.3, -0.25) is 0 Å². The van der Waals surface area contributed by atoms with Crippen LogP contribution >= 0.6 is 43.5 Å². The fourth-order valence-corrected chi connectivity index (χ4v) is 2.59. The number of hydrogen-bond acceptors (Lipinski definition) is 3. The number of esters is 1. The number of alkyl halides is 1. The zero-order chi connectivity index (χ0) is 12.1. The molecule has 88 valence electrons. The van der Waals surface area contributed by atoms with Gasteiger partial charge in [0.25, 0.3) is 0 Å². The highest BCUT2D eigenvalue weighted by Gasteiger charge is 2.16. The highest BCUT2D eigenvalue weighted by molar-refractivity contribution is 9.10. The minimum Gasteiger partial charge on any atom is -0.462 e. The van der Waals surface area contributed by atoms with Crippen LogP contribution in [0.15, 0.2) is 10.7 Å². The van der Waals surface area contributed by atoms with Crippen molar-refractivity contribution in [3.8, 4) is 0 Å². The largest absolute Gasteiger partial charge is 0.462 e. The zero-order valence-electron chi connectivity index (χ0n) is 8.60. The maximum atomic E-state index is 11.7. The summed E-state index contributed by atoms with van der Waals surface area (Å²) < 4.78 is 5.58. The predicted octanol–water partition coefficient (Wildman–Crippen LogP) is 3.96. The molecule has 0 aliphatic carbocycles. The van der Waals surface area contributed by atoms with Gasteiger partial charge in [0.1, 0.15) is 9.76 Å². The molecule has 0 amide bonds. The molecule has 0 aromatic carbocycles. The standard InChI is InChI=1S/C10H10Br2ClNO2/c1-2-3-16-10(15)6-4-8(12)14-9(13)7(6)5-11/h4H,2-3,5H2,1H3. The summed E-state index contributed by atoms with van der Waals surface area (Å²) in [6.45, 7) is 2.34. The van der Waals surface area contributed by atoms with E-state index < -0.39 is 0 Å². The van der Waals surface area contributed by atoms with Crippen molar-refractivity contribution in [1.29, 1.82) is 0 Å².